The second-order valence-electron chi connectivity index (χ2n) is 6.32. The van der Waals surface area contributed by atoms with E-state index in [9.17, 15) is 13.2 Å². The first-order valence-corrected chi connectivity index (χ1v) is 10.3. The SMILES string of the molecule is COc1ccc(OC)c(/C=N/NC(=O)CN(C)S(=O)(=O)c2cc(C)ccc2OC)c1. The van der Waals surface area contributed by atoms with Crippen LogP contribution in [0.1, 0.15) is 11.1 Å². The minimum absolute atomic E-state index is 0.00933. The van der Waals surface area contributed by atoms with E-state index < -0.39 is 22.5 Å². The lowest BCUT2D eigenvalue weighted by atomic mass is 10.2. The number of hydrogen-bond acceptors (Lipinski definition) is 7. The molecule has 10 heteroatoms. The van der Waals surface area contributed by atoms with Gasteiger partial charge in [0.2, 0.25) is 10.0 Å². The van der Waals surface area contributed by atoms with Crippen molar-refractivity contribution in [1.29, 1.82) is 0 Å². The third-order valence-electron chi connectivity index (χ3n) is 4.20. The average molecular weight is 436 g/mol. The molecule has 2 aromatic rings. The second kappa shape index (κ2) is 10.1. The number of amides is 1. The van der Waals surface area contributed by atoms with E-state index in [1.54, 1.807) is 37.3 Å². The summed E-state index contributed by atoms with van der Waals surface area (Å²) < 4.78 is 42.2. The van der Waals surface area contributed by atoms with Crippen LogP contribution in [-0.2, 0) is 14.8 Å². The Balaban J connectivity index is 2.10. The predicted molar refractivity (Wildman–Crippen MR) is 113 cm³/mol. The highest BCUT2D eigenvalue weighted by Gasteiger charge is 2.26. The number of methoxy groups -OCH3 is 3. The average Bonchev–Trinajstić information content (AvgIpc) is 2.73. The summed E-state index contributed by atoms with van der Waals surface area (Å²) in [6.45, 7) is 1.35. The maximum Gasteiger partial charge on any atom is 0.255 e. The van der Waals surface area contributed by atoms with E-state index in [-0.39, 0.29) is 10.6 Å². The first kappa shape index (κ1) is 23.2. The minimum atomic E-state index is -3.94. The number of ether oxygens (including phenoxy) is 3. The largest absolute Gasteiger partial charge is 0.497 e. The maximum atomic E-state index is 12.8. The van der Waals surface area contributed by atoms with Gasteiger partial charge in [-0.15, -0.1) is 0 Å². The molecule has 30 heavy (non-hydrogen) atoms. The minimum Gasteiger partial charge on any atom is -0.497 e. The van der Waals surface area contributed by atoms with Crippen LogP contribution < -0.4 is 19.6 Å². The molecule has 2 rings (SSSR count). The van der Waals surface area contributed by atoms with E-state index in [2.05, 4.69) is 10.5 Å². The number of hydrazone groups is 1. The van der Waals surface area contributed by atoms with Gasteiger partial charge in [0.1, 0.15) is 22.1 Å². The van der Waals surface area contributed by atoms with Gasteiger partial charge in [0.05, 0.1) is 34.1 Å². The van der Waals surface area contributed by atoms with Crippen LogP contribution in [-0.4, -0.2) is 59.8 Å². The van der Waals surface area contributed by atoms with Gasteiger partial charge in [-0.2, -0.15) is 9.41 Å². The number of carbonyl (C=O) groups is 1. The lowest BCUT2D eigenvalue weighted by Gasteiger charge is -2.18. The van der Waals surface area contributed by atoms with Gasteiger partial charge in [-0.1, -0.05) is 6.07 Å². The van der Waals surface area contributed by atoms with Gasteiger partial charge >= 0.3 is 0 Å². The van der Waals surface area contributed by atoms with Crippen LogP contribution in [0, 0.1) is 6.92 Å². The predicted octanol–water partition coefficient (Wildman–Crippen LogP) is 1.79. The molecule has 0 spiro atoms. The topological polar surface area (TPSA) is 107 Å². The number of hydrogen-bond donors (Lipinski definition) is 1. The van der Waals surface area contributed by atoms with Gasteiger partial charge < -0.3 is 14.2 Å². The Bertz CT molecular complexity index is 1040. The van der Waals surface area contributed by atoms with Crippen LogP contribution in [0.25, 0.3) is 0 Å². The third-order valence-corrected chi connectivity index (χ3v) is 6.03. The molecule has 0 aliphatic rings. The van der Waals surface area contributed by atoms with Gasteiger partial charge in [-0.25, -0.2) is 13.8 Å². The number of sulfonamides is 1. The van der Waals surface area contributed by atoms with Crippen LogP contribution >= 0.6 is 0 Å². The van der Waals surface area contributed by atoms with Gasteiger partial charge in [-0.05, 0) is 42.8 Å². The number of carbonyl (C=O) groups excluding carboxylic acids is 1. The Kier molecular flexibility index (Phi) is 7.79. The molecule has 1 amide bonds. The Morgan fingerprint density at radius 3 is 2.37 bits per heavy atom. The molecule has 2 aromatic carbocycles. The summed E-state index contributed by atoms with van der Waals surface area (Å²) in [4.78, 5) is 12.2. The van der Waals surface area contributed by atoms with Gasteiger partial charge in [0.15, 0.2) is 0 Å². The van der Waals surface area contributed by atoms with Crippen molar-refractivity contribution in [2.75, 3.05) is 34.9 Å². The first-order valence-electron chi connectivity index (χ1n) is 8.87. The molecule has 0 saturated heterocycles. The zero-order valence-electron chi connectivity index (χ0n) is 17.5. The molecule has 0 aromatic heterocycles. The summed E-state index contributed by atoms with van der Waals surface area (Å²) >= 11 is 0. The van der Waals surface area contributed by atoms with Crippen molar-refractivity contribution < 1.29 is 27.4 Å². The molecule has 1 N–H and O–H groups in total. The van der Waals surface area contributed by atoms with E-state index in [1.807, 2.05) is 0 Å². The summed E-state index contributed by atoms with van der Waals surface area (Å²) in [6.07, 6.45) is 1.39. The normalized spacial score (nSPS) is 11.5. The Labute approximate surface area is 176 Å². The molecule has 0 aliphatic heterocycles. The Morgan fingerprint density at radius 2 is 1.73 bits per heavy atom. The van der Waals surface area contributed by atoms with E-state index in [0.717, 1.165) is 9.87 Å². The van der Waals surface area contributed by atoms with Crippen molar-refractivity contribution in [3.63, 3.8) is 0 Å². The van der Waals surface area contributed by atoms with Crippen molar-refractivity contribution in [2.24, 2.45) is 5.10 Å². The summed E-state index contributed by atoms with van der Waals surface area (Å²) in [5, 5.41) is 3.87. The number of nitrogens with one attached hydrogen (secondary N) is 1. The molecule has 0 saturated carbocycles. The molecule has 0 atom stereocenters. The fourth-order valence-corrected chi connectivity index (χ4v) is 3.95. The molecule has 9 nitrogen and oxygen atoms in total. The van der Waals surface area contributed by atoms with E-state index in [4.69, 9.17) is 14.2 Å². The molecule has 0 bridgehead atoms. The third kappa shape index (κ3) is 5.49. The number of rotatable bonds is 9. The van der Waals surface area contributed by atoms with Gasteiger partial charge in [0.25, 0.3) is 5.91 Å². The van der Waals surface area contributed by atoms with Crippen molar-refractivity contribution in [3.05, 3.63) is 47.5 Å². The number of likely N-dealkylation sites (N-methyl/N-ethyl adjacent to an activating group) is 1. The molecule has 0 aliphatic carbocycles. The summed E-state index contributed by atoms with van der Waals surface area (Å²) in [6, 6.07) is 9.94. The zero-order valence-corrected chi connectivity index (χ0v) is 18.3. The van der Waals surface area contributed by atoms with Crippen molar-refractivity contribution in [3.8, 4) is 17.2 Å². The maximum absolute atomic E-state index is 12.8. The number of benzene rings is 2. The number of nitrogens with zero attached hydrogens (tertiary/aromatic N) is 2. The Hall–Kier alpha value is -3.11. The molecule has 0 unspecified atom stereocenters. The zero-order chi connectivity index (χ0) is 22.3. The van der Waals surface area contributed by atoms with Crippen LogP contribution in [0.15, 0.2) is 46.4 Å². The highest BCUT2D eigenvalue weighted by molar-refractivity contribution is 7.89. The molecule has 0 fully saturated rings. The van der Waals surface area contributed by atoms with Crippen LogP contribution in [0.4, 0.5) is 0 Å². The highest BCUT2D eigenvalue weighted by atomic mass is 32.2. The monoisotopic (exact) mass is 435 g/mol. The van der Waals surface area contributed by atoms with E-state index in [0.29, 0.717) is 17.1 Å². The van der Waals surface area contributed by atoms with Gasteiger partial charge in [0, 0.05) is 12.6 Å². The van der Waals surface area contributed by atoms with Crippen molar-refractivity contribution in [2.45, 2.75) is 11.8 Å². The first-order chi connectivity index (χ1) is 14.2. The van der Waals surface area contributed by atoms with Crippen LogP contribution in [0.2, 0.25) is 0 Å². The standard InChI is InChI=1S/C20H25N3O6S/c1-14-6-8-18(29-5)19(10-14)30(25,26)23(2)13-20(24)22-21-12-15-11-16(27-3)7-9-17(15)28-4/h6-12H,13H2,1-5H3,(H,22,24)/b21-12+. The number of aryl methyl sites for hydroxylation is 1. The molecule has 162 valence electrons. The summed E-state index contributed by atoms with van der Waals surface area (Å²) in [5.41, 5.74) is 3.65. The fourth-order valence-electron chi connectivity index (χ4n) is 2.59. The van der Waals surface area contributed by atoms with Crippen molar-refractivity contribution in [1.82, 2.24) is 9.73 Å². The van der Waals surface area contributed by atoms with Gasteiger partial charge in [-0.3, -0.25) is 4.79 Å². The molecule has 0 heterocycles. The highest BCUT2D eigenvalue weighted by Crippen LogP contribution is 2.27. The van der Waals surface area contributed by atoms with Crippen LogP contribution in [0.3, 0.4) is 0 Å². The smallest absolute Gasteiger partial charge is 0.255 e. The lowest BCUT2D eigenvalue weighted by Crippen LogP contribution is -2.36. The molecular formula is C20H25N3O6S. The summed E-state index contributed by atoms with van der Waals surface area (Å²) in [7, 11) is 1.80. The lowest BCUT2D eigenvalue weighted by molar-refractivity contribution is -0.121. The molecule has 0 radical (unpaired) electrons. The fraction of sp³-hybridized carbons (Fsp3) is 0.300. The molecular weight excluding hydrogens is 410 g/mol. The Morgan fingerprint density at radius 1 is 1.07 bits per heavy atom. The van der Waals surface area contributed by atoms with E-state index >= 15 is 0 Å². The second-order valence-corrected chi connectivity index (χ2v) is 8.33. The quantitative estimate of drug-likeness (QED) is 0.475. The van der Waals surface area contributed by atoms with Crippen LogP contribution in [0.5, 0.6) is 17.2 Å². The van der Waals surface area contributed by atoms with E-state index in [1.165, 1.54) is 40.7 Å². The van der Waals surface area contributed by atoms with Crippen molar-refractivity contribution >= 4 is 22.1 Å². The summed E-state index contributed by atoms with van der Waals surface area (Å²) in [5.74, 6) is 0.739.